The molecule has 0 saturated carbocycles. The lowest BCUT2D eigenvalue weighted by molar-refractivity contribution is -0.427. The van der Waals surface area contributed by atoms with Crippen LogP contribution in [0.2, 0.25) is 0 Å². The van der Waals surface area contributed by atoms with Crippen LogP contribution in [0.25, 0.3) is 0 Å². The van der Waals surface area contributed by atoms with E-state index < -0.39 is 60.9 Å². The van der Waals surface area contributed by atoms with Gasteiger partial charge in [-0.2, -0.15) is 79.0 Å². The summed E-state index contributed by atoms with van der Waals surface area (Å²) in [7, 11) is 0. The lowest BCUT2D eigenvalue weighted by Gasteiger charge is -2.37. The van der Waals surface area contributed by atoms with E-state index in [1.165, 1.54) is 0 Å². The zero-order valence-electron chi connectivity index (χ0n) is 12.9. The van der Waals surface area contributed by atoms with Gasteiger partial charge in [-0.25, -0.2) is 4.39 Å². The van der Waals surface area contributed by atoms with Crippen molar-refractivity contribution in [2.75, 3.05) is 6.61 Å². The minimum absolute atomic E-state index is 2.04. The van der Waals surface area contributed by atoms with Crippen LogP contribution >= 0.6 is 0 Å². The number of hydrogen-bond donors (Lipinski definition) is 0. The monoisotopic (exact) mass is 500 g/mol. The molecule has 0 spiro atoms. The lowest BCUT2D eigenvalue weighted by Crippen LogP contribution is -2.66. The SMILES string of the molecule is FC(C(F)(F)OCC(F)(F)C(F)(F)C(F)(F)F)C(F)(F)C(F)(F)C(F)(F)C(F)(F)F. The first kappa shape index (κ1) is 28.6. The van der Waals surface area contributed by atoms with Crippen LogP contribution in [0.15, 0.2) is 0 Å². The summed E-state index contributed by atoms with van der Waals surface area (Å²) >= 11 is 0. The number of hydrogen-bond acceptors (Lipinski definition) is 1. The summed E-state index contributed by atoms with van der Waals surface area (Å²) in [6.45, 7) is -4.01. The van der Waals surface area contributed by atoms with Crippen LogP contribution in [0.5, 0.6) is 0 Å². The van der Waals surface area contributed by atoms with Gasteiger partial charge in [0.25, 0.3) is 6.17 Å². The molecule has 1 nitrogen and oxygen atoms in total. The van der Waals surface area contributed by atoms with Gasteiger partial charge in [-0.3, -0.25) is 0 Å². The molecule has 0 aliphatic heterocycles. The molecule has 0 fully saturated rings. The van der Waals surface area contributed by atoms with E-state index in [0.717, 1.165) is 0 Å². The maximum atomic E-state index is 13.0. The van der Waals surface area contributed by atoms with Gasteiger partial charge in [0, 0.05) is 0 Å². The molecule has 0 bridgehead atoms. The van der Waals surface area contributed by atoms with Crippen LogP contribution < -0.4 is 0 Å². The summed E-state index contributed by atoms with van der Waals surface area (Å²) in [5.74, 6) is -37.8. The molecule has 0 aromatic rings. The van der Waals surface area contributed by atoms with Gasteiger partial charge in [0.2, 0.25) is 0 Å². The Bertz CT molecular complexity index is 597. The van der Waals surface area contributed by atoms with Crippen LogP contribution in [0, 0.1) is 0 Å². The minimum Gasteiger partial charge on any atom is -0.311 e. The van der Waals surface area contributed by atoms with E-state index in [9.17, 15) is 83.4 Å². The molecular weight excluding hydrogens is 497 g/mol. The van der Waals surface area contributed by atoms with E-state index in [-0.39, 0.29) is 0 Å². The fourth-order valence-electron chi connectivity index (χ4n) is 1.32. The molecule has 0 aliphatic carbocycles. The van der Waals surface area contributed by atoms with Crippen molar-refractivity contribution in [1.82, 2.24) is 0 Å². The van der Waals surface area contributed by atoms with Gasteiger partial charge >= 0.3 is 48.1 Å². The van der Waals surface area contributed by atoms with E-state index in [2.05, 4.69) is 0 Å². The molecule has 0 N–H and O–H groups in total. The van der Waals surface area contributed by atoms with Crippen molar-refractivity contribution in [2.24, 2.45) is 0 Å². The molecular formula is C10H3F19O. The minimum atomic E-state index is -8.04. The van der Waals surface area contributed by atoms with E-state index in [1.807, 2.05) is 4.74 Å². The molecule has 20 heteroatoms. The highest BCUT2D eigenvalue weighted by Crippen LogP contribution is 2.56. The first-order chi connectivity index (χ1) is 12.6. The van der Waals surface area contributed by atoms with Crippen molar-refractivity contribution >= 4 is 0 Å². The molecule has 1 unspecified atom stereocenters. The molecule has 0 amide bonds. The largest absolute Gasteiger partial charge is 0.460 e. The second-order valence-corrected chi connectivity index (χ2v) is 5.26. The van der Waals surface area contributed by atoms with Gasteiger partial charge in [-0.15, -0.1) is 0 Å². The smallest absolute Gasteiger partial charge is 0.311 e. The average Bonchev–Trinajstić information content (AvgIpc) is 2.49. The number of rotatable bonds is 8. The average molecular weight is 500 g/mol. The molecule has 1 atom stereocenters. The predicted octanol–water partition coefficient (Wildman–Crippen LogP) is 6.24. The van der Waals surface area contributed by atoms with E-state index in [1.54, 1.807) is 0 Å². The summed E-state index contributed by atoms with van der Waals surface area (Å²) in [4.78, 5) is 0. The van der Waals surface area contributed by atoms with E-state index in [0.29, 0.717) is 0 Å². The Morgan fingerprint density at radius 3 is 1.13 bits per heavy atom. The fourth-order valence-corrected chi connectivity index (χ4v) is 1.32. The Labute approximate surface area is 150 Å². The summed E-state index contributed by atoms with van der Waals surface area (Å²) in [5, 5.41) is 0. The van der Waals surface area contributed by atoms with Gasteiger partial charge in [-0.05, 0) is 0 Å². The van der Waals surface area contributed by atoms with Crippen molar-refractivity contribution in [3.05, 3.63) is 0 Å². The fraction of sp³-hybridized carbons (Fsp3) is 1.00. The molecule has 0 aliphatic rings. The summed E-state index contributed by atoms with van der Waals surface area (Å²) in [5.41, 5.74) is 0. The van der Waals surface area contributed by atoms with E-state index >= 15 is 0 Å². The highest BCUT2D eigenvalue weighted by molar-refractivity contribution is 5.05. The maximum absolute atomic E-state index is 13.0. The quantitative estimate of drug-likeness (QED) is 0.359. The predicted molar refractivity (Wildman–Crippen MR) is 52.6 cm³/mol. The molecule has 182 valence electrons. The zero-order chi connectivity index (χ0) is 25.0. The van der Waals surface area contributed by atoms with Crippen molar-refractivity contribution in [2.45, 2.75) is 54.2 Å². The molecule has 0 radical (unpaired) electrons. The Morgan fingerprint density at radius 1 is 0.500 bits per heavy atom. The molecule has 0 heterocycles. The molecule has 30 heavy (non-hydrogen) atoms. The van der Waals surface area contributed by atoms with Gasteiger partial charge in [-0.1, -0.05) is 0 Å². The van der Waals surface area contributed by atoms with Crippen molar-refractivity contribution in [3.63, 3.8) is 0 Å². The normalized spacial score (nSPS) is 17.3. The first-order valence-electron chi connectivity index (χ1n) is 6.29. The van der Waals surface area contributed by atoms with Gasteiger partial charge in [0.15, 0.2) is 0 Å². The third kappa shape index (κ3) is 4.46. The van der Waals surface area contributed by atoms with Crippen LogP contribution in [-0.2, 0) is 4.74 Å². The summed E-state index contributed by atoms with van der Waals surface area (Å²) in [6, 6.07) is 0. The second kappa shape index (κ2) is 7.35. The maximum Gasteiger partial charge on any atom is 0.460 e. The van der Waals surface area contributed by atoms with Gasteiger partial charge in [0.05, 0.1) is 0 Å². The Kier molecular flexibility index (Phi) is 7.01. The van der Waals surface area contributed by atoms with Crippen LogP contribution in [0.4, 0.5) is 83.4 Å². The highest BCUT2D eigenvalue weighted by Gasteiger charge is 2.85. The van der Waals surface area contributed by atoms with Gasteiger partial charge < -0.3 is 4.74 Å². The standard InChI is InChI=1S/C10H3F19O/c11-2(4(14,15)7(20,21)8(22,23)10(27,28)29)5(16,17)30-1-3(12,13)6(18,19)9(24,25)26/h2H,1H2. The second-order valence-electron chi connectivity index (χ2n) is 5.26. The topological polar surface area (TPSA) is 9.23 Å². The van der Waals surface area contributed by atoms with Crippen molar-refractivity contribution < 1.29 is 88.2 Å². The highest BCUT2D eigenvalue weighted by atomic mass is 19.4. The zero-order valence-corrected chi connectivity index (χ0v) is 12.9. The van der Waals surface area contributed by atoms with Crippen molar-refractivity contribution in [3.8, 4) is 0 Å². The van der Waals surface area contributed by atoms with Crippen LogP contribution in [0.1, 0.15) is 0 Å². The first-order valence-corrected chi connectivity index (χ1v) is 6.29. The van der Waals surface area contributed by atoms with Crippen molar-refractivity contribution in [1.29, 1.82) is 0 Å². The Morgan fingerprint density at radius 2 is 0.833 bits per heavy atom. The molecule has 0 rings (SSSR count). The van der Waals surface area contributed by atoms with Gasteiger partial charge in [0.1, 0.15) is 6.61 Å². The Balaban J connectivity index is 5.88. The third-order valence-electron chi connectivity index (χ3n) is 3.04. The number of ether oxygens (including phenoxy) is 1. The summed E-state index contributed by atoms with van der Waals surface area (Å²) in [6.07, 6.45) is -28.1. The molecule has 0 aromatic carbocycles. The molecule has 0 aromatic heterocycles. The number of halogens is 19. The Hall–Kier alpha value is -1.37. The summed E-state index contributed by atoms with van der Waals surface area (Å²) < 4.78 is 238. The molecule has 0 saturated heterocycles. The lowest BCUT2D eigenvalue weighted by atomic mass is 9.99. The van der Waals surface area contributed by atoms with E-state index in [4.69, 9.17) is 0 Å². The third-order valence-corrected chi connectivity index (χ3v) is 3.04. The van der Waals surface area contributed by atoms with Crippen LogP contribution in [-0.4, -0.2) is 60.9 Å². The number of alkyl halides is 19. The van der Waals surface area contributed by atoms with Crippen LogP contribution in [0.3, 0.4) is 0 Å².